The summed E-state index contributed by atoms with van der Waals surface area (Å²) in [5.41, 5.74) is 0. The molecule has 3 aliphatic rings. The molecule has 8 nitrogen and oxygen atoms in total. The smallest absolute Gasteiger partial charge is 0.303 e. The van der Waals surface area contributed by atoms with Gasteiger partial charge in [-0.05, 0) is 36.5 Å². The van der Waals surface area contributed by atoms with Crippen LogP contribution < -0.4 is 0 Å². The molecular weight excluding hydrogens is 488 g/mol. The van der Waals surface area contributed by atoms with Crippen molar-refractivity contribution in [3.05, 3.63) is 0 Å². The summed E-state index contributed by atoms with van der Waals surface area (Å²) in [4.78, 5) is 12.0. The van der Waals surface area contributed by atoms with E-state index in [1.54, 1.807) is 7.11 Å². The van der Waals surface area contributed by atoms with E-state index in [1.165, 1.54) is 6.92 Å². The molecule has 3 rings (SSSR count). The fourth-order valence-corrected chi connectivity index (χ4v) is 6.56. The first-order valence-corrected chi connectivity index (χ1v) is 14.9. The van der Waals surface area contributed by atoms with Crippen LogP contribution in [0, 0.1) is 41.4 Å². The van der Waals surface area contributed by atoms with Crippen molar-refractivity contribution < 1.29 is 38.0 Å². The highest BCUT2D eigenvalue weighted by atomic mass is 16.7. The second-order valence-electron chi connectivity index (χ2n) is 12.2. The minimum absolute atomic E-state index is 0.0198. The standard InChI is InChI=1S/C30H54O8/c1-12-23-16(4)15(3)20(8)29(35-23)33-14-25-26(19(7)21(9)28(32-11)37-25)38-30-27(34-22(10)31)18(6)17(5)24(13-2)36-30/h15-21,23-30H,12-14H2,1-11H3/t15-,16-,17-,18-,19+,20?,21?,23?,24?,25?,26-,27?,28-,29+,30+/m0/s1. The van der Waals surface area contributed by atoms with Gasteiger partial charge in [-0.15, -0.1) is 0 Å². The van der Waals surface area contributed by atoms with Crippen molar-refractivity contribution in [2.75, 3.05) is 13.7 Å². The molecule has 8 heteroatoms. The minimum atomic E-state index is -0.685. The van der Waals surface area contributed by atoms with E-state index in [4.69, 9.17) is 33.2 Å². The maximum Gasteiger partial charge on any atom is 0.303 e. The quantitative estimate of drug-likeness (QED) is 0.358. The van der Waals surface area contributed by atoms with Crippen LogP contribution in [0.1, 0.15) is 82.1 Å². The Bertz CT molecular complexity index is 746. The molecule has 0 aliphatic carbocycles. The molecule has 3 heterocycles. The van der Waals surface area contributed by atoms with E-state index >= 15 is 0 Å². The summed E-state index contributed by atoms with van der Waals surface area (Å²) in [7, 11) is 1.67. The van der Waals surface area contributed by atoms with Crippen LogP contribution in [0.3, 0.4) is 0 Å². The van der Waals surface area contributed by atoms with Gasteiger partial charge in [0.1, 0.15) is 6.10 Å². The highest BCUT2D eigenvalue weighted by Crippen LogP contribution is 2.40. The van der Waals surface area contributed by atoms with Crippen LogP contribution in [-0.4, -0.2) is 69.1 Å². The maximum atomic E-state index is 12.0. The van der Waals surface area contributed by atoms with Crippen molar-refractivity contribution in [3.8, 4) is 0 Å². The maximum absolute atomic E-state index is 12.0. The molecule has 38 heavy (non-hydrogen) atoms. The van der Waals surface area contributed by atoms with Crippen molar-refractivity contribution in [2.24, 2.45) is 41.4 Å². The molecule has 0 radical (unpaired) electrons. The van der Waals surface area contributed by atoms with Crippen molar-refractivity contribution in [1.29, 1.82) is 0 Å². The number of esters is 1. The van der Waals surface area contributed by atoms with Crippen LogP contribution in [0.2, 0.25) is 0 Å². The average molecular weight is 543 g/mol. The van der Waals surface area contributed by atoms with Crippen molar-refractivity contribution >= 4 is 5.97 Å². The Morgan fingerprint density at radius 1 is 0.632 bits per heavy atom. The first-order chi connectivity index (χ1) is 17.9. The van der Waals surface area contributed by atoms with Crippen LogP contribution in [0.4, 0.5) is 0 Å². The third-order valence-electron chi connectivity index (χ3n) is 10.0. The van der Waals surface area contributed by atoms with E-state index in [0.29, 0.717) is 18.4 Å². The molecule has 222 valence electrons. The Balaban J connectivity index is 1.81. The fourth-order valence-electron chi connectivity index (χ4n) is 6.56. The van der Waals surface area contributed by atoms with E-state index in [2.05, 4.69) is 62.3 Å². The molecular formula is C30H54O8. The lowest BCUT2D eigenvalue weighted by Gasteiger charge is -2.49. The molecule has 6 unspecified atom stereocenters. The number of rotatable bonds is 9. The number of hydrogen-bond donors (Lipinski definition) is 0. The molecule has 15 atom stereocenters. The minimum Gasteiger partial charge on any atom is -0.457 e. The summed E-state index contributed by atoms with van der Waals surface area (Å²) < 4.78 is 43.9. The third-order valence-corrected chi connectivity index (χ3v) is 10.0. The molecule has 3 saturated heterocycles. The molecule has 0 spiro atoms. The Morgan fingerprint density at radius 2 is 1.13 bits per heavy atom. The lowest BCUT2D eigenvalue weighted by atomic mass is 9.78. The molecule has 3 aliphatic heterocycles. The largest absolute Gasteiger partial charge is 0.457 e. The first-order valence-electron chi connectivity index (χ1n) is 14.9. The number of carbonyl (C=O) groups is 1. The summed E-state index contributed by atoms with van der Waals surface area (Å²) in [6.45, 7) is 21.3. The third kappa shape index (κ3) is 6.74. The number of methoxy groups -OCH3 is 1. The summed E-state index contributed by atoms with van der Waals surface area (Å²) in [6.07, 6.45) is -0.592. The SMILES string of the molecule is CCC1O[C@@H](OCC2O[C@H](OC)C(C)[C@@H](C)[C@@H]2O[C@H]2OC(CC)[C@@H](C)[C@H](C)C2OC(C)=O)C(C)[C@@H](C)[C@@H]1C. The van der Waals surface area contributed by atoms with Gasteiger partial charge in [-0.1, -0.05) is 62.3 Å². The molecule has 0 aromatic rings. The Hall–Kier alpha value is -0.770. The molecule has 0 aromatic heterocycles. The average Bonchev–Trinajstić information content (AvgIpc) is 2.89. The van der Waals surface area contributed by atoms with Crippen molar-refractivity contribution in [2.45, 2.75) is 131 Å². The van der Waals surface area contributed by atoms with Crippen LogP contribution in [0.5, 0.6) is 0 Å². The number of ether oxygens (including phenoxy) is 7. The normalized spacial score (nSPS) is 48.0. The zero-order chi connectivity index (χ0) is 28.3. The molecule has 0 amide bonds. The van der Waals surface area contributed by atoms with Crippen molar-refractivity contribution in [3.63, 3.8) is 0 Å². The van der Waals surface area contributed by atoms with Gasteiger partial charge in [0.2, 0.25) is 0 Å². The molecule has 0 saturated carbocycles. The van der Waals surface area contributed by atoms with Gasteiger partial charge in [-0.3, -0.25) is 4.79 Å². The van der Waals surface area contributed by atoms with Crippen LogP contribution in [-0.2, 0) is 38.0 Å². The molecule has 0 bridgehead atoms. The topological polar surface area (TPSA) is 81.7 Å². The van der Waals surface area contributed by atoms with E-state index in [1.807, 2.05) is 0 Å². The predicted molar refractivity (Wildman–Crippen MR) is 144 cm³/mol. The van der Waals surface area contributed by atoms with Gasteiger partial charge < -0.3 is 33.2 Å². The Labute approximate surface area is 230 Å². The summed E-state index contributed by atoms with van der Waals surface area (Å²) in [6, 6.07) is 0. The number of hydrogen-bond acceptors (Lipinski definition) is 8. The van der Waals surface area contributed by atoms with Gasteiger partial charge in [0.05, 0.1) is 24.9 Å². The zero-order valence-electron chi connectivity index (χ0n) is 25.5. The first kappa shape index (κ1) is 31.8. The summed E-state index contributed by atoms with van der Waals surface area (Å²) in [5, 5.41) is 0. The van der Waals surface area contributed by atoms with Gasteiger partial charge in [0, 0.05) is 31.8 Å². The Kier molecular flexibility index (Phi) is 11.5. The highest BCUT2D eigenvalue weighted by Gasteiger charge is 2.49. The fraction of sp³-hybridized carbons (Fsp3) is 0.967. The van der Waals surface area contributed by atoms with Gasteiger partial charge >= 0.3 is 5.97 Å². The van der Waals surface area contributed by atoms with E-state index in [9.17, 15) is 4.79 Å². The molecule has 0 N–H and O–H groups in total. The van der Waals surface area contributed by atoms with Crippen LogP contribution >= 0.6 is 0 Å². The van der Waals surface area contributed by atoms with Gasteiger partial charge in [-0.2, -0.15) is 0 Å². The van der Waals surface area contributed by atoms with Crippen LogP contribution in [0.15, 0.2) is 0 Å². The van der Waals surface area contributed by atoms with Crippen molar-refractivity contribution in [1.82, 2.24) is 0 Å². The molecule has 0 aromatic carbocycles. The zero-order valence-corrected chi connectivity index (χ0v) is 25.5. The number of carbonyl (C=O) groups excluding carboxylic acids is 1. The lowest BCUT2D eigenvalue weighted by Crippen LogP contribution is -2.58. The second kappa shape index (κ2) is 13.7. The highest BCUT2D eigenvalue weighted by molar-refractivity contribution is 5.66. The second-order valence-corrected chi connectivity index (χ2v) is 12.2. The summed E-state index contributed by atoms with van der Waals surface area (Å²) >= 11 is 0. The van der Waals surface area contributed by atoms with Crippen LogP contribution in [0.25, 0.3) is 0 Å². The lowest BCUT2D eigenvalue weighted by molar-refractivity contribution is -0.341. The predicted octanol–water partition coefficient (Wildman–Crippen LogP) is 5.41. The van der Waals surface area contributed by atoms with Gasteiger partial charge in [-0.25, -0.2) is 0 Å². The van der Waals surface area contributed by atoms with E-state index in [0.717, 1.165) is 12.8 Å². The van der Waals surface area contributed by atoms with E-state index < -0.39 is 18.5 Å². The van der Waals surface area contributed by atoms with Gasteiger partial charge in [0.15, 0.2) is 25.0 Å². The summed E-state index contributed by atoms with van der Waals surface area (Å²) in [5.74, 6) is 1.39. The van der Waals surface area contributed by atoms with Gasteiger partial charge in [0.25, 0.3) is 0 Å². The monoisotopic (exact) mass is 542 g/mol. The van der Waals surface area contributed by atoms with E-state index in [-0.39, 0.29) is 66.5 Å². The Morgan fingerprint density at radius 3 is 1.68 bits per heavy atom. The molecule has 3 fully saturated rings.